The Morgan fingerprint density at radius 1 is 1.18 bits per heavy atom. The molecule has 1 amide bonds. The molecular formula is C18H17ClINO. The molecule has 4 heteroatoms. The summed E-state index contributed by atoms with van der Waals surface area (Å²) >= 11 is 8.13. The minimum absolute atomic E-state index is 0.0204. The Labute approximate surface area is 149 Å². The summed E-state index contributed by atoms with van der Waals surface area (Å²) in [6.45, 7) is 5.97. The molecule has 0 radical (unpaired) electrons. The first-order valence-corrected chi connectivity index (χ1v) is 8.30. The fourth-order valence-corrected chi connectivity index (χ4v) is 3.17. The zero-order valence-electron chi connectivity index (χ0n) is 12.5. The van der Waals surface area contributed by atoms with Gasteiger partial charge in [0.1, 0.15) is 0 Å². The van der Waals surface area contributed by atoms with Crippen LogP contribution in [0.2, 0.25) is 5.02 Å². The number of hydrogen-bond acceptors (Lipinski definition) is 1. The van der Waals surface area contributed by atoms with E-state index < -0.39 is 0 Å². The number of halogens is 2. The van der Waals surface area contributed by atoms with Gasteiger partial charge in [-0.1, -0.05) is 48.0 Å². The summed E-state index contributed by atoms with van der Waals surface area (Å²) in [4.78, 5) is 14.5. The topological polar surface area (TPSA) is 20.3 Å². The van der Waals surface area contributed by atoms with E-state index in [9.17, 15) is 4.79 Å². The molecule has 0 saturated heterocycles. The first kappa shape index (κ1) is 17.0. The molecule has 1 atom stereocenters. The van der Waals surface area contributed by atoms with Crippen molar-refractivity contribution in [3.05, 3.63) is 80.4 Å². The fourth-order valence-electron chi connectivity index (χ4n) is 2.43. The third kappa shape index (κ3) is 3.70. The van der Waals surface area contributed by atoms with E-state index in [1.807, 2.05) is 55.5 Å². The predicted molar refractivity (Wildman–Crippen MR) is 100 cm³/mol. The molecule has 0 aromatic heterocycles. The summed E-state index contributed by atoms with van der Waals surface area (Å²) in [6, 6.07) is 14.9. The minimum atomic E-state index is -0.180. The molecule has 2 aromatic rings. The maximum absolute atomic E-state index is 12.8. The summed E-state index contributed by atoms with van der Waals surface area (Å²) in [5, 5.41) is 0.677. The smallest absolute Gasteiger partial charge is 0.255 e. The highest BCUT2D eigenvalue weighted by molar-refractivity contribution is 14.1. The van der Waals surface area contributed by atoms with Gasteiger partial charge < -0.3 is 4.90 Å². The number of carbonyl (C=O) groups is 1. The first-order valence-electron chi connectivity index (χ1n) is 6.84. The van der Waals surface area contributed by atoms with Gasteiger partial charge >= 0.3 is 0 Å². The molecule has 0 fully saturated rings. The number of likely N-dealkylation sites (N-methyl/N-ethyl adjacent to an activating group) is 1. The van der Waals surface area contributed by atoms with Crippen molar-refractivity contribution < 1.29 is 4.79 Å². The van der Waals surface area contributed by atoms with E-state index in [0.717, 1.165) is 14.7 Å². The largest absolute Gasteiger partial charge is 0.331 e. The number of nitrogens with zero attached hydrogens (tertiary/aromatic N) is 1. The second kappa shape index (κ2) is 7.29. The van der Waals surface area contributed by atoms with Gasteiger partial charge in [0.2, 0.25) is 0 Å². The maximum atomic E-state index is 12.8. The lowest BCUT2D eigenvalue weighted by molar-refractivity contribution is 0.0752. The van der Waals surface area contributed by atoms with Crippen molar-refractivity contribution in [1.29, 1.82) is 0 Å². The molecule has 0 aliphatic rings. The van der Waals surface area contributed by atoms with Crippen LogP contribution in [0.3, 0.4) is 0 Å². The maximum Gasteiger partial charge on any atom is 0.255 e. The predicted octanol–water partition coefficient (Wildman–Crippen LogP) is 5.33. The van der Waals surface area contributed by atoms with Crippen LogP contribution in [0.25, 0.3) is 0 Å². The molecule has 2 nitrogen and oxygen atoms in total. The van der Waals surface area contributed by atoms with Crippen LogP contribution in [0.4, 0.5) is 0 Å². The van der Waals surface area contributed by atoms with Crippen LogP contribution in [0.15, 0.2) is 60.7 Å². The number of benzene rings is 2. The number of rotatable bonds is 4. The zero-order chi connectivity index (χ0) is 16.3. The normalized spacial score (nSPS) is 11.8. The van der Waals surface area contributed by atoms with E-state index in [0.29, 0.717) is 10.6 Å². The molecule has 0 saturated carbocycles. The number of carbonyl (C=O) groups excluding carboxylic acids is 1. The average molecular weight is 426 g/mol. The van der Waals surface area contributed by atoms with Crippen LogP contribution in [0.5, 0.6) is 0 Å². The Morgan fingerprint density at radius 3 is 2.32 bits per heavy atom. The van der Waals surface area contributed by atoms with Gasteiger partial charge in [0.05, 0.1) is 11.6 Å². The Morgan fingerprint density at radius 2 is 1.77 bits per heavy atom. The van der Waals surface area contributed by atoms with Gasteiger partial charge in [-0.25, -0.2) is 0 Å². The van der Waals surface area contributed by atoms with Crippen molar-refractivity contribution in [2.75, 3.05) is 7.05 Å². The molecule has 2 rings (SSSR count). The van der Waals surface area contributed by atoms with E-state index in [1.54, 1.807) is 11.9 Å². The minimum Gasteiger partial charge on any atom is -0.331 e. The van der Waals surface area contributed by atoms with E-state index in [-0.39, 0.29) is 11.9 Å². The summed E-state index contributed by atoms with van der Waals surface area (Å²) in [6.07, 6.45) is 0. The van der Waals surface area contributed by atoms with Crippen molar-refractivity contribution in [2.24, 2.45) is 0 Å². The van der Waals surface area contributed by atoms with Crippen molar-refractivity contribution >= 4 is 40.1 Å². The fraction of sp³-hybridized carbons (Fsp3) is 0.167. The first-order chi connectivity index (χ1) is 10.4. The summed E-state index contributed by atoms with van der Waals surface area (Å²) < 4.78 is 0.938. The summed E-state index contributed by atoms with van der Waals surface area (Å²) in [7, 11) is 1.80. The van der Waals surface area contributed by atoms with E-state index >= 15 is 0 Å². The second-order valence-electron chi connectivity index (χ2n) is 5.20. The molecule has 22 heavy (non-hydrogen) atoms. The van der Waals surface area contributed by atoms with Gasteiger partial charge in [0.25, 0.3) is 5.91 Å². The quantitative estimate of drug-likeness (QED) is 0.479. The number of amides is 1. The molecule has 0 spiro atoms. The lowest BCUT2D eigenvalue weighted by Gasteiger charge is -2.29. The second-order valence-corrected chi connectivity index (χ2v) is 6.79. The molecule has 0 N–H and O–H groups in total. The summed E-state index contributed by atoms with van der Waals surface area (Å²) in [5.74, 6) is -0.0204. The van der Waals surface area contributed by atoms with Gasteiger partial charge in [-0.2, -0.15) is 0 Å². The van der Waals surface area contributed by atoms with Gasteiger partial charge in [-0.3, -0.25) is 4.79 Å². The van der Waals surface area contributed by atoms with Crippen molar-refractivity contribution in [1.82, 2.24) is 4.90 Å². The van der Waals surface area contributed by atoms with Crippen molar-refractivity contribution in [2.45, 2.75) is 13.0 Å². The van der Waals surface area contributed by atoms with Crippen molar-refractivity contribution in [3.63, 3.8) is 0 Å². The van der Waals surface area contributed by atoms with Crippen LogP contribution >= 0.6 is 34.2 Å². The standard InChI is InChI=1S/C18H17ClINO/c1-12(2)17(13-8-10-14(19)11-9-13)21(3)18(22)15-6-4-5-7-16(15)20/h4-11,17H,1H2,2-3H3/t17-/m0/s1. The highest BCUT2D eigenvalue weighted by atomic mass is 127. The van der Waals surface area contributed by atoms with E-state index in [4.69, 9.17) is 11.6 Å². The Kier molecular flexibility index (Phi) is 5.64. The Hall–Kier alpha value is -1.33. The molecule has 0 unspecified atom stereocenters. The van der Waals surface area contributed by atoms with Crippen LogP contribution in [-0.4, -0.2) is 17.9 Å². The lowest BCUT2D eigenvalue weighted by atomic mass is 9.99. The van der Waals surface area contributed by atoms with Crippen LogP contribution in [0, 0.1) is 3.57 Å². The van der Waals surface area contributed by atoms with Gasteiger partial charge in [-0.15, -0.1) is 0 Å². The molecule has 2 aromatic carbocycles. The number of hydrogen-bond donors (Lipinski definition) is 0. The van der Waals surface area contributed by atoms with Gasteiger partial charge in [-0.05, 0) is 59.3 Å². The third-order valence-corrected chi connectivity index (χ3v) is 4.66. The lowest BCUT2D eigenvalue weighted by Crippen LogP contribution is -2.32. The SMILES string of the molecule is C=C(C)[C@@H](c1ccc(Cl)cc1)N(C)C(=O)c1ccccc1I. The molecular weight excluding hydrogens is 409 g/mol. The van der Waals surface area contributed by atoms with Gasteiger partial charge in [0, 0.05) is 15.6 Å². The Balaban J connectivity index is 2.37. The Bertz CT molecular complexity index is 696. The monoisotopic (exact) mass is 425 g/mol. The van der Waals surface area contributed by atoms with Crippen LogP contribution < -0.4 is 0 Å². The van der Waals surface area contributed by atoms with E-state index in [1.165, 1.54) is 0 Å². The third-order valence-electron chi connectivity index (χ3n) is 3.46. The van der Waals surface area contributed by atoms with Gasteiger partial charge in [0.15, 0.2) is 0 Å². The van der Waals surface area contributed by atoms with E-state index in [2.05, 4.69) is 29.2 Å². The zero-order valence-corrected chi connectivity index (χ0v) is 15.4. The van der Waals surface area contributed by atoms with Crippen LogP contribution in [0.1, 0.15) is 28.9 Å². The molecule has 0 bridgehead atoms. The highest BCUT2D eigenvalue weighted by Gasteiger charge is 2.24. The summed E-state index contributed by atoms with van der Waals surface area (Å²) in [5.41, 5.74) is 2.61. The van der Waals surface area contributed by atoms with Crippen molar-refractivity contribution in [3.8, 4) is 0 Å². The van der Waals surface area contributed by atoms with Crippen LogP contribution in [-0.2, 0) is 0 Å². The molecule has 0 aliphatic carbocycles. The molecule has 0 aliphatic heterocycles. The average Bonchev–Trinajstić information content (AvgIpc) is 2.49. The highest BCUT2D eigenvalue weighted by Crippen LogP contribution is 2.29. The molecule has 0 heterocycles. The molecule has 114 valence electrons.